The molecule has 0 atom stereocenters. The molecule has 0 aromatic carbocycles. The van der Waals surface area contributed by atoms with Gasteiger partial charge in [-0.1, -0.05) is 13.3 Å². The smallest absolute Gasteiger partial charge is 0.329 e. The molecular weight excluding hydrogens is 360 g/mol. The number of hydrogen-bond donors (Lipinski definition) is 1. The summed E-state index contributed by atoms with van der Waals surface area (Å²) in [5, 5.41) is 8.36. The van der Waals surface area contributed by atoms with Crippen molar-refractivity contribution in [3.8, 4) is 0 Å². The molecule has 0 bridgehead atoms. The van der Waals surface area contributed by atoms with Gasteiger partial charge >= 0.3 is 5.97 Å². The van der Waals surface area contributed by atoms with Crippen LogP contribution in [0.1, 0.15) is 19.8 Å². The van der Waals surface area contributed by atoms with E-state index in [1.165, 1.54) is 0 Å². The van der Waals surface area contributed by atoms with E-state index in [9.17, 15) is 4.79 Å². The standard InChI is InChI=1S/C18H36O9/c1-2-3-4-21-5-6-22-7-8-23-9-10-24-11-12-25-13-14-26-15-16-27-17-18(19)20/h2-17H2,1H3,(H,19,20). The summed E-state index contributed by atoms with van der Waals surface area (Å²) in [6.07, 6.45) is 2.23. The Morgan fingerprint density at radius 1 is 0.556 bits per heavy atom. The molecule has 0 fully saturated rings. The first kappa shape index (κ1) is 26.2. The van der Waals surface area contributed by atoms with Crippen LogP contribution < -0.4 is 0 Å². The van der Waals surface area contributed by atoms with Crippen molar-refractivity contribution in [2.75, 3.05) is 92.5 Å². The number of aliphatic carboxylic acids is 1. The van der Waals surface area contributed by atoms with Gasteiger partial charge in [0.25, 0.3) is 0 Å². The van der Waals surface area contributed by atoms with Gasteiger partial charge in [0, 0.05) is 6.61 Å². The normalized spacial score (nSPS) is 11.1. The van der Waals surface area contributed by atoms with Crippen molar-refractivity contribution in [3.63, 3.8) is 0 Å². The summed E-state index contributed by atoms with van der Waals surface area (Å²) in [5.74, 6) is -0.986. The van der Waals surface area contributed by atoms with Gasteiger partial charge in [-0.2, -0.15) is 0 Å². The average molecular weight is 396 g/mol. The van der Waals surface area contributed by atoms with Crippen LogP contribution >= 0.6 is 0 Å². The fraction of sp³-hybridized carbons (Fsp3) is 0.944. The Morgan fingerprint density at radius 2 is 0.852 bits per heavy atom. The second kappa shape index (κ2) is 23.2. The molecule has 0 amide bonds. The lowest BCUT2D eigenvalue weighted by molar-refractivity contribution is -0.142. The van der Waals surface area contributed by atoms with Crippen molar-refractivity contribution in [2.24, 2.45) is 0 Å². The van der Waals surface area contributed by atoms with Crippen LogP contribution in [0.4, 0.5) is 0 Å². The maximum atomic E-state index is 10.2. The van der Waals surface area contributed by atoms with E-state index in [1.54, 1.807) is 0 Å². The first-order chi connectivity index (χ1) is 13.3. The van der Waals surface area contributed by atoms with Gasteiger partial charge < -0.3 is 38.3 Å². The molecule has 0 aromatic heterocycles. The van der Waals surface area contributed by atoms with Crippen molar-refractivity contribution < 1.29 is 43.1 Å². The van der Waals surface area contributed by atoms with E-state index in [1.807, 2.05) is 0 Å². The lowest BCUT2D eigenvalue weighted by Gasteiger charge is -2.08. The Balaban J connectivity index is 2.98. The predicted molar refractivity (Wildman–Crippen MR) is 98.3 cm³/mol. The second-order valence-electron chi connectivity index (χ2n) is 5.47. The topological polar surface area (TPSA) is 102 Å². The van der Waals surface area contributed by atoms with Crippen LogP contribution in [0.25, 0.3) is 0 Å². The molecule has 0 radical (unpaired) electrons. The molecule has 9 nitrogen and oxygen atoms in total. The van der Waals surface area contributed by atoms with E-state index in [2.05, 4.69) is 6.92 Å². The Bertz CT molecular complexity index is 303. The lowest BCUT2D eigenvalue weighted by atomic mass is 10.4. The molecule has 27 heavy (non-hydrogen) atoms. The minimum atomic E-state index is -0.986. The van der Waals surface area contributed by atoms with E-state index in [4.69, 9.17) is 38.3 Å². The van der Waals surface area contributed by atoms with Crippen molar-refractivity contribution in [2.45, 2.75) is 19.8 Å². The molecule has 162 valence electrons. The maximum Gasteiger partial charge on any atom is 0.329 e. The van der Waals surface area contributed by atoms with E-state index < -0.39 is 5.97 Å². The van der Waals surface area contributed by atoms with Gasteiger partial charge in [-0.3, -0.25) is 0 Å². The van der Waals surface area contributed by atoms with Crippen LogP contribution in [0.5, 0.6) is 0 Å². The highest BCUT2D eigenvalue weighted by Crippen LogP contribution is 1.88. The number of carboxylic acid groups (broad SMARTS) is 1. The van der Waals surface area contributed by atoms with Crippen LogP contribution in [-0.4, -0.2) is 104 Å². The summed E-state index contributed by atoms with van der Waals surface area (Å²) in [5.41, 5.74) is 0. The van der Waals surface area contributed by atoms with Gasteiger partial charge in [0.1, 0.15) is 6.61 Å². The first-order valence-corrected chi connectivity index (χ1v) is 9.53. The Kier molecular flexibility index (Phi) is 22.5. The third-order valence-corrected chi connectivity index (χ3v) is 3.10. The highest BCUT2D eigenvalue weighted by Gasteiger charge is 1.96. The van der Waals surface area contributed by atoms with E-state index in [0.717, 1.165) is 19.4 Å². The predicted octanol–water partition coefficient (Wildman–Crippen LogP) is 0.987. The molecule has 0 unspecified atom stereocenters. The number of hydrogen-bond acceptors (Lipinski definition) is 8. The fourth-order valence-electron chi connectivity index (χ4n) is 1.73. The maximum absolute atomic E-state index is 10.2. The lowest BCUT2D eigenvalue weighted by Crippen LogP contribution is -2.15. The Morgan fingerprint density at radius 3 is 1.15 bits per heavy atom. The number of carbonyl (C=O) groups is 1. The molecule has 1 N–H and O–H groups in total. The van der Waals surface area contributed by atoms with Gasteiger partial charge in [0.2, 0.25) is 0 Å². The summed E-state index contributed by atoms with van der Waals surface area (Å²) in [7, 11) is 0. The zero-order chi connectivity index (χ0) is 19.8. The molecule has 0 aliphatic carbocycles. The van der Waals surface area contributed by atoms with E-state index in [0.29, 0.717) is 72.7 Å². The number of rotatable bonds is 23. The summed E-state index contributed by atoms with van der Waals surface area (Å²) in [6, 6.07) is 0. The highest BCUT2D eigenvalue weighted by molar-refractivity contribution is 5.67. The van der Waals surface area contributed by atoms with Crippen LogP contribution in [0, 0.1) is 0 Å². The highest BCUT2D eigenvalue weighted by atomic mass is 16.6. The Hall–Kier alpha value is -0.810. The van der Waals surface area contributed by atoms with Gasteiger partial charge in [-0.05, 0) is 6.42 Å². The zero-order valence-electron chi connectivity index (χ0n) is 16.5. The molecule has 9 heteroatoms. The monoisotopic (exact) mass is 396 g/mol. The quantitative estimate of drug-likeness (QED) is 0.253. The number of carboxylic acids is 1. The molecule has 0 aromatic rings. The first-order valence-electron chi connectivity index (χ1n) is 9.53. The van der Waals surface area contributed by atoms with E-state index in [-0.39, 0.29) is 13.2 Å². The largest absolute Gasteiger partial charge is 0.480 e. The van der Waals surface area contributed by atoms with Gasteiger partial charge in [0.15, 0.2) is 0 Å². The third kappa shape index (κ3) is 25.2. The minimum Gasteiger partial charge on any atom is -0.480 e. The van der Waals surface area contributed by atoms with Gasteiger partial charge in [-0.15, -0.1) is 0 Å². The van der Waals surface area contributed by atoms with Crippen LogP contribution in [0.3, 0.4) is 0 Å². The third-order valence-electron chi connectivity index (χ3n) is 3.10. The van der Waals surface area contributed by atoms with Crippen molar-refractivity contribution in [3.05, 3.63) is 0 Å². The van der Waals surface area contributed by atoms with Crippen molar-refractivity contribution >= 4 is 5.97 Å². The van der Waals surface area contributed by atoms with E-state index >= 15 is 0 Å². The number of unbranched alkanes of at least 4 members (excludes halogenated alkanes) is 1. The zero-order valence-corrected chi connectivity index (χ0v) is 16.5. The molecule has 0 aliphatic rings. The molecule has 0 heterocycles. The SMILES string of the molecule is CCCCOCCOCCOCCOCCOCCOCCOCC(=O)O. The molecular formula is C18H36O9. The van der Waals surface area contributed by atoms with Crippen LogP contribution in [-0.2, 0) is 38.0 Å². The average Bonchev–Trinajstić information content (AvgIpc) is 2.65. The molecule has 0 saturated heterocycles. The summed E-state index contributed by atoms with van der Waals surface area (Å²) in [4.78, 5) is 10.2. The van der Waals surface area contributed by atoms with Crippen molar-refractivity contribution in [1.29, 1.82) is 0 Å². The van der Waals surface area contributed by atoms with Crippen LogP contribution in [0.15, 0.2) is 0 Å². The summed E-state index contributed by atoms with van der Waals surface area (Å²) in [6.45, 7) is 8.48. The fourth-order valence-corrected chi connectivity index (χ4v) is 1.73. The summed E-state index contributed by atoms with van der Waals surface area (Å²) < 4.78 is 36.9. The Labute approximate surface area is 162 Å². The molecule has 0 spiro atoms. The molecule has 0 saturated carbocycles. The second-order valence-corrected chi connectivity index (χ2v) is 5.47. The van der Waals surface area contributed by atoms with Crippen molar-refractivity contribution in [1.82, 2.24) is 0 Å². The number of ether oxygens (including phenoxy) is 7. The molecule has 0 rings (SSSR count). The summed E-state index contributed by atoms with van der Waals surface area (Å²) >= 11 is 0. The minimum absolute atomic E-state index is 0.257. The van der Waals surface area contributed by atoms with Gasteiger partial charge in [-0.25, -0.2) is 4.79 Å². The molecule has 0 aliphatic heterocycles. The van der Waals surface area contributed by atoms with Crippen LogP contribution in [0.2, 0.25) is 0 Å². The van der Waals surface area contributed by atoms with Gasteiger partial charge in [0.05, 0.1) is 79.3 Å².